The van der Waals surface area contributed by atoms with Crippen molar-refractivity contribution in [1.82, 2.24) is 9.88 Å². The minimum Gasteiger partial charge on any atom is -0.388 e. The van der Waals surface area contributed by atoms with E-state index in [4.69, 9.17) is 0 Å². The number of hydrogen-bond acceptors (Lipinski definition) is 4. The summed E-state index contributed by atoms with van der Waals surface area (Å²) >= 11 is 1.45. The van der Waals surface area contributed by atoms with E-state index in [2.05, 4.69) is 9.88 Å². The molecule has 0 spiro atoms. The molecule has 2 heterocycles. The van der Waals surface area contributed by atoms with Crippen LogP contribution in [0.1, 0.15) is 35.8 Å². The first-order valence-corrected chi connectivity index (χ1v) is 10.9. The van der Waals surface area contributed by atoms with E-state index in [1.165, 1.54) is 23.5 Å². The van der Waals surface area contributed by atoms with Gasteiger partial charge in [-0.1, -0.05) is 42.5 Å². The van der Waals surface area contributed by atoms with Crippen LogP contribution >= 0.6 is 11.3 Å². The molecule has 3 aromatic rings. The molecule has 1 fully saturated rings. The summed E-state index contributed by atoms with van der Waals surface area (Å²) in [6, 6.07) is 14.9. The normalized spacial score (nSPS) is 17.2. The van der Waals surface area contributed by atoms with E-state index >= 15 is 0 Å². The Morgan fingerprint density at radius 3 is 2.33 bits per heavy atom. The molecule has 1 N–H and O–H groups in total. The van der Waals surface area contributed by atoms with Crippen LogP contribution in [-0.4, -0.2) is 28.1 Å². The second-order valence-electron chi connectivity index (χ2n) is 7.69. The Hall–Kier alpha value is -2.22. The van der Waals surface area contributed by atoms with Crippen molar-refractivity contribution >= 4 is 11.3 Å². The molecule has 4 rings (SSSR count). The van der Waals surface area contributed by atoms with Crippen molar-refractivity contribution in [3.8, 4) is 10.6 Å². The van der Waals surface area contributed by atoms with Gasteiger partial charge in [0.2, 0.25) is 0 Å². The van der Waals surface area contributed by atoms with Crippen LogP contribution in [0.25, 0.3) is 10.6 Å². The Morgan fingerprint density at radius 1 is 1.03 bits per heavy atom. The van der Waals surface area contributed by atoms with Gasteiger partial charge in [0.1, 0.15) is 5.01 Å². The van der Waals surface area contributed by atoms with Gasteiger partial charge < -0.3 is 5.11 Å². The summed E-state index contributed by atoms with van der Waals surface area (Å²) in [4.78, 5) is 6.93. The number of piperidine rings is 1. The highest BCUT2D eigenvalue weighted by atomic mass is 32.1. The van der Waals surface area contributed by atoms with Crippen LogP contribution in [0.15, 0.2) is 60.0 Å². The molecular formula is C23H23F3N2OS. The van der Waals surface area contributed by atoms with E-state index in [1.54, 1.807) is 0 Å². The van der Waals surface area contributed by atoms with Gasteiger partial charge in [0.25, 0.3) is 0 Å². The van der Waals surface area contributed by atoms with Crippen molar-refractivity contribution in [3.05, 3.63) is 76.8 Å². The smallest absolute Gasteiger partial charge is 0.388 e. The molecule has 1 aromatic heterocycles. The first-order chi connectivity index (χ1) is 14.4. The van der Waals surface area contributed by atoms with E-state index in [-0.39, 0.29) is 5.92 Å². The van der Waals surface area contributed by atoms with E-state index in [0.29, 0.717) is 12.1 Å². The van der Waals surface area contributed by atoms with Gasteiger partial charge in [0.05, 0.1) is 17.4 Å². The number of hydrogen-bond donors (Lipinski definition) is 1. The Bertz CT molecular complexity index is 949. The van der Waals surface area contributed by atoms with Gasteiger partial charge in [-0.15, -0.1) is 11.3 Å². The number of rotatable bonds is 5. The van der Waals surface area contributed by atoms with Crippen LogP contribution in [0.3, 0.4) is 0 Å². The third kappa shape index (κ3) is 4.91. The van der Waals surface area contributed by atoms with Gasteiger partial charge >= 0.3 is 6.18 Å². The zero-order valence-electron chi connectivity index (χ0n) is 16.3. The van der Waals surface area contributed by atoms with Gasteiger partial charge in [-0.25, -0.2) is 4.98 Å². The summed E-state index contributed by atoms with van der Waals surface area (Å²) < 4.78 is 38.2. The summed E-state index contributed by atoms with van der Waals surface area (Å²) in [6.07, 6.45) is -2.91. The molecule has 158 valence electrons. The van der Waals surface area contributed by atoms with Gasteiger partial charge in [-0.05, 0) is 49.5 Å². The highest BCUT2D eigenvalue weighted by molar-refractivity contribution is 7.13. The number of thiazole rings is 1. The van der Waals surface area contributed by atoms with E-state index in [0.717, 1.165) is 54.3 Å². The molecular weight excluding hydrogens is 409 g/mol. The Kier molecular flexibility index (Phi) is 6.22. The maximum absolute atomic E-state index is 12.7. The molecule has 7 heteroatoms. The lowest BCUT2D eigenvalue weighted by Gasteiger charge is -2.34. The van der Waals surface area contributed by atoms with E-state index in [9.17, 15) is 18.3 Å². The molecule has 2 aromatic carbocycles. The quantitative estimate of drug-likeness (QED) is 0.556. The lowest BCUT2D eigenvalue weighted by atomic mass is 9.87. The molecule has 0 bridgehead atoms. The Balaban J connectivity index is 1.33. The maximum atomic E-state index is 12.7. The predicted molar refractivity (Wildman–Crippen MR) is 112 cm³/mol. The largest absolute Gasteiger partial charge is 0.416 e. The fraction of sp³-hybridized carbons (Fsp3) is 0.348. The number of benzene rings is 2. The van der Waals surface area contributed by atoms with Crippen LogP contribution in [0, 0.1) is 5.92 Å². The zero-order chi connectivity index (χ0) is 21.1. The minimum absolute atomic E-state index is 0.252. The van der Waals surface area contributed by atoms with Crippen molar-refractivity contribution < 1.29 is 18.3 Å². The van der Waals surface area contributed by atoms with Gasteiger partial charge in [0.15, 0.2) is 0 Å². The van der Waals surface area contributed by atoms with Gasteiger partial charge in [0, 0.05) is 17.5 Å². The van der Waals surface area contributed by atoms with Crippen LogP contribution in [0.4, 0.5) is 13.2 Å². The Morgan fingerprint density at radius 2 is 1.70 bits per heavy atom. The maximum Gasteiger partial charge on any atom is 0.416 e. The lowest BCUT2D eigenvalue weighted by molar-refractivity contribution is -0.137. The highest BCUT2D eigenvalue weighted by Crippen LogP contribution is 2.33. The van der Waals surface area contributed by atoms with Crippen LogP contribution < -0.4 is 0 Å². The van der Waals surface area contributed by atoms with Crippen molar-refractivity contribution in [2.24, 2.45) is 5.92 Å². The highest BCUT2D eigenvalue weighted by Gasteiger charge is 2.30. The summed E-state index contributed by atoms with van der Waals surface area (Å²) in [5, 5.41) is 13.3. The number of alkyl halides is 3. The van der Waals surface area contributed by atoms with Crippen LogP contribution in [0.5, 0.6) is 0 Å². The summed E-state index contributed by atoms with van der Waals surface area (Å²) in [6.45, 7) is 2.49. The van der Waals surface area contributed by atoms with Crippen molar-refractivity contribution in [3.63, 3.8) is 0 Å². The monoisotopic (exact) mass is 432 g/mol. The SMILES string of the molecule is OC(c1ccccc1)C1CCN(Cc2csc(-c3ccc(C(F)(F)F)cc3)n2)CC1. The van der Waals surface area contributed by atoms with Crippen LogP contribution in [-0.2, 0) is 12.7 Å². The number of halogens is 3. The molecule has 0 radical (unpaired) electrons. The van der Waals surface area contributed by atoms with Crippen molar-refractivity contribution in [2.75, 3.05) is 13.1 Å². The standard InChI is InChI=1S/C23H23F3N2OS/c24-23(25,26)19-8-6-18(7-9-19)22-27-20(15-30-22)14-28-12-10-17(11-13-28)21(29)16-4-2-1-3-5-16/h1-9,15,17,21,29H,10-14H2. The second-order valence-corrected chi connectivity index (χ2v) is 8.55. The van der Waals surface area contributed by atoms with E-state index in [1.807, 2.05) is 35.7 Å². The summed E-state index contributed by atoms with van der Waals surface area (Å²) in [5.41, 5.74) is 1.95. The number of likely N-dealkylation sites (tertiary alicyclic amines) is 1. The zero-order valence-corrected chi connectivity index (χ0v) is 17.2. The third-order valence-electron chi connectivity index (χ3n) is 5.62. The first kappa shape index (κ1) is 21.0. The third-order valence-corrected chi connectivity index (χ3v) is 6.56. The molecule has 0 amide bonds. The molecule has 30 heavy (non-hydrogen) atoms. The number of nitrogens with zero attached hydrogens (tertiary/aromatic N) is 2. The Labute approximate surface area is 177 Å². The summed E-state index contributed by atoms with van der Waals surface area (Å²) in [5.74, 6) is 0.252. The van der Waals surface area contributed by atoms with Crippen molar-refractivity contribution in [1.29, 1.82) is 0 Å². The van der Waals surface area contributed by atoms with Gasteiger partial charge in [-0.2, -0.15) is 13.2 Å². The fourth-order valence-corrected chi connectivity index (χ4v) is 4.71. The average Bonchev–Trinajstić information content (AvgIpc) is 3.22. The number of aliphatic hydroxyl groups excluding tert-OH is 1. The minimum atomic E-state index is -4.33. The molecule has 1 aliphatic rings. The fourth-order valence-electron chi connectivity index (χ4n) is 3.89. The van der Waals surface area contributed by atoms with Crippen molar-refractivity contribution in [2.45, 2.75) is 31.7 Å². The molecule has 0 saturated carbocycles. The second kappa shape index (κ2) is 8.88. The lowest BCUT2D eigenvalue weighted by Crippen LogP contribution is -2.35. The van der Waals surface area contributed by atoms with Gasteiger partial charge in [-0.3, -0.25) is 4.90 Å². The number of aliphatic hydroxyl groups is 1. The number of aromatic nitrogens is 1. The van der Waals surface area contributed by atoms with E-state index < -0.39 is 17.8 Å². The topological polar surface area (TPSA) is 36.4 Å². The molecule has 0 aliphatic carbocycles. The first-order valence-electron chi connectivity index (χ1n) is 9.97. The van der Waals surface area contributed by atoms with Crippen LogP contribution in [0.2, 0.25) is 0 Å². The predicted octanol–water partition coefficient (Wildman–Crippen LogP) is 5.77. The molecule has 1 aliphatic heterocycles. The summed E-state index contributed by atoms with van der Waals surface area (Å²) in [7, 11) is 0. The molecule has 1 unspecified atom stereocenters. The average molecular weight is 433 g/mol. The molecule has 1 saturated heterocycles. The molecule has 3 nitrogen and oxygen atoms in total. The molecule has 1 atom stereocenters.